The molecular formula is C14H20N2O3S. The van der Waals surface area contributed by atoms with E-state index in [2.05, 4.69) is 5.32 Å². The lowest BCUT2D eigenvalue weighted by Crippen LogP contribution is -2.45. The number of morpholine rings is 1. The van der Waals surface area contributed by atoms with E-state index in [-0.39, 0.29) is 12.2 Å². The average Bonchev–Trinajstić information content (AvgIpc) is 2.78. The van der Waals surface area contributed by atoms with Gasteiger partial charge in [-0.1, -0.05) is 12.1 Å². The van der Waals surface area contributed by atoms with Gasteiger partial charge in [-0.05, 0) is 31.9 Å². The highest BCUT2D eigenvalue weighted by atomic mass is 32.2. The second-order valence-electron chi connectivity index (χ2n) is 5.31. The molecule has 2 unspecified atom stereocenters. The smallest absolute Gasteiger partial charge is 0.245 e. The van der Waals surface area contributed by atoms with Crippen LogP contribution in [-0.4, -0.2) is 44.6 Å². The summed E-state index contributed by atoms with van der Waals surface area (Å²) in [6.45, 7) is 3.60. The molecule has 2 atom stereocenters. The molecule has 6 heteroatoms. The molecule has 0 saturated carbocycles. The Balaban J connectivity index is 1.92. The van der Waals surface area contributed by atoms with Crippen LogP contribution in [0.2, 0.25) is 0 Å². The van der Waals surface area contributed by atoms with E-state index in [1.165, 1.54) is 0 Å². The topological polar surface area (TPSA) is 58.6 Å². The summed E-state index contributed by atoms with van der Waals surface area (Å²) in [6.07, 6.45) is 2.06. The molecule has 2 aliphatic rings. The first kappa shape index (κ1) is 13.9. The zero-order valence-corrected chi connectivity index (χ0v) is 12.4. The van der Waals surface area contributed by atoms with Gasteiger partial charge in [0.15, 0.2) is 0 Å². The van der Waals surface area contributed by atoms with E-state index in [0.717, 1.165) is 12.8 Å². The Labute approximate surface area is 120 Å². The fourth-order valence-corrected chi connectivity index (χ4v) is 4.61. The third-order valence-corrected chi connectivity index (χ3v) is 5.77. The molecule has 2 bridgehead atoms. The molecule has 0 aromatic heterocycles. The number of nitrogens with zero attached hydrogens (tertiary/aromatic N) is 1. The number of hydrogen-bond acceptors (Lipinski definition) is 4. The number of para-hydroxylation sites is 1. The highest BCUT2D eigenvalue weighted by Crippen LogP contribution is 2.32. The van der Waals surface area contributed by atoms with Gasteiger partial charge >= 0.3 is 0 Å². The van der Waals surface area contributed by atoms with Gasteiger partial charge in [0.1, 0.15) is 4.90 Å². The normalized spacial score (nSPS) is 26.6. The molecule has 0 aliphatic carbocycles. The maximum absolute atomic E-state index is 12.8. The summed E-state index contributed by atoms with van der Waals surface area (Å²) in [5, 5.41) is 3.12. The van der Waals surface area contributed by atoms with Crippen molar-refractivity contribution in [3.63, 3.8) is 0 Å². The quantitative estimate of drug-likeness (QED) is 0.918. The van der Waals surface area contributed by atoms with E-state index in [0.29, 0.717) is 30.2 Å². The maximum Gasteiger partial charge on any atom is 0.245 e. The Morgan fingerprint density at radius 2 is 1.90 bits per heavy atom. The van der Waals surface area contributed by atoms with Crippen LogP contribution in [0.4, 0.5) is 5.69 Å². The number of ether oxygens (including phenoxy) is 1. The lowest BCUT2D eigenvalue weighted by Gasteiger charge is -2.31. The summed E-state index contributed by atoms with van der Waals surface area (Å²) in [6, 6.07) is 7.10. The van der Waals surface area contributed by atoms with Crippen LogP contribution in [0.25, 0.3) is 0 Å². The predicted octanol–water partition coefficient (Wildman–Crippen LogP) is 1.67. The van der Waals surface area contributed by atoms with Gasteiger partial charge in [-0.15, -0.1) is 0 Å². The van der Waals surface area contributed by atoms with Crippen molar-refractivity contribution >= 4 is 15.7 Å². The lowest BCUT2D eigenvalue weighted by atomic mass is 10.2. The number of nitrogens with one attached hydrogen (secondary N) is 1. The summed E-state index contributed by atoms with van der Waals surface area (Å²) in [5.74, 6) is 0. The first-order valence-corrected chi connectivity index (χ1v) is 8.53. The predicted molar refractivity (Wildman–Crippen MR) is 77.3 cm³/mol. The van der Waals surface area contributed by atoms with Crippen LogP contribution in [0.1, 0.15) is 19.8 Å². The number of anilines is 1. The van der Waals surface area contributed by atoms with E-state index >= 15 is 0 Å². The fraction of sp³-hybridized carbons (Fsp3) is 0.571. The second kappa shape index (κ2) is 5.35. The molecule has 2 fully saturated rings. The van der Waals surface area contributed by atoms with E-state index in [9.17, 15) is 8.42 Å². The minimum absolute atomic E-state index is 0.0646. The number of fused-ring (bicyclic) bond motifs is 2. The number of hydrogen-bond donors (Lipinski definition) is 1. The van der Waals surface area contributed by atoms with Crippen LogP contribution in [0.15, 0.2) is 29.2 Å². The Kier molecular flexibility index (Phi) is 3.70. The van der Waals surface area contributed by atoms with E-state index in [1.54, 1.807) is 16.4 Å². The number of sulfonamides is 1. The first-order valence-electron chi connectivity index (χ1n) is 7.09. The van der Waals surface area contributed by atoms with Crippen molar-refractivity contribution in [1.82, 2.24) is 4.31 Å². The fourth-order valence-electron chi connectivity index (χ4n) is 2.94. The summed E-state index contributed by atoms with van der Waals surface area (Å²) in [4.78, 5) is 0.364. The molecule has 0 radical (unpaired) electrons. The van der Waals surface area contributed by atoms with Gasteiger partial charge in [0, 0.05) is 19.6 Å². The van der Waals surface area contributed by atoms with Gasteiger partial charge in [-0.25, -0.2) is 8.42 Å². The van der Waals surface area contributed by atoms with Crippen molar-refractivity contribution in [2.45, 2.75) is 36.9 Å². The SMILES string of the molecule is CCNc1ccccc1S(=O)(=O)N1CC2CCC(C1)O2. The third kappa shape index (κ3) is 2.43. The van der Waals surface area contributed by atoms with Crippen molar-refractivity contribution in [3.8, 4) is 0 Å². The second-order valence-corrected chi connectivity index (χ2v) is 7.21. The van der Waals surface area contributed by atoms with Crippen LogP contribution in [-0.2, 0) is 14.8 Å². The molecular weight excluding hydrogens is 276 g/mol. The lowest BCUT2D eigenvalue weighted by molar-refractivity contribution is -0.0114. The zero-order valence-electron chi connectivity index (χ0n) is 11.6. The minimum atomic E-state index is -3.45. The molecule has 1 aromatic carbocycles. The molecule has 2 heterocycles. The van der Waals surface area contributed by atoms with E-state index in [4.69, 9.17) is 4.74 Å². The van der Waals surface area contributed by atoms with Gasteiger partial charge in [0.25, 0.3) is 0 Å². The van der Waals surface area contributed by atoms with Crippen LogP contribution in [0, 0.1) is 0 Å². The minimum Gasteiger partial charge on any atom is -0.384 e. The summed E-state index contributed by atoms with van der Waals surface area (Å²) in [5.41, 5.74) is 0.675. The largest absolute Gasteiger partial charge is 0.384 e. The van der Waals surface area contributed by atoms with Crippen LogP contribution >= 0.6 is 0 Å². The summed E-state index contributed by atoms with van der Waals surface area (Å²) >= 11 is 0. The summed E-state index contributed by atoms with van der Waals surface area (Å²) in [7, 11) is -3.45. The van der Waals surface area contributed by atoms with E-state index in [1.807, 2.05) is 19.1 Å². The van der Waals surface area contributed by atoms with Gasteiger partial charge in [0.2, 0.25) is 10.0 Å². The Bertz CT molecular complexity index is 576. The molecule has 0 spiro atoms. The molecule has 1 aromatic rings. The molecule has 110 valence electrons. The monoisotopic (exact) mass is 296 g/mol. The standard InChI is InChI=1S/C14H20N2O3S/c1-2-15-13-5-3-4-6-14(13)20(17,18)16-9-11-7-8-12(10-16)19-11/h3-6,11-12,15H,2,7-10H2,1H3. The molecule has 20 heavy (non-hydrogen) atoms. The van der Waals surface area contributed by atoms with Crippen molar-refractivity contribution in [1.29, 1.82) is 0 Å². The number of rotatable bonds is 4. The maximum atomic E-state index is 12.8. The highest BCUT2D eigenvalue weighted by molar-refractivity contribution is 7.89. The highest BCUT2D eigenvalue weighted by Gasteiger charge is 2.39. The van der Waals surface area contributed by atoms with Gasteiger partial charge in [-0.3, -0.25) is 0 Å². The van der Waals surface area contributed by atoms with Crippen LogP contribution < -0.4 is 5.32 Å². The Morgan fingerprint density at radius 1 is 1.25 bits per heavy atom. The number of benzene rings is 1. The molecule has 5 nitrogen and oxygen atoms in total. The van der Waals surface area contributed by atoms with Crippen molar-refractivity contribution < 1.29 is 13.2 Å². The summed E-state index contributed by atoms with van der Waals surface area (Å²) < 4.78 is 33.0. The Hall–Kier alpha value is -1.11. The van der Waals surface area contributed by atoms with Crippen molar-refractivity contribution in [2.75, 3.05) is 25.0 Å². The van der Waals surface area contributed by atoms with Crippen molar-refractivity contribution in [3.05, 3.63) is 24.3 Å². The Morgan fingerprint density at radius 3 is 2.55 bits per heavy atom. The average molecular weight is 296 g/mol. The zero-order chi connectivity index (χ0) is 14.2. The van der Waals surface area contributed by atoms with E-state index < -0.39 is 10.0 Å². The first-order chi connectivity index (χ1) is 9.61. The van der Waals surface area contributed by atoms with Crippen LogP contribution in [0.5, 0.6) is 0 Å². The van der Waals surface area contributed by atoms with Gasteiger partial charge in [0.05, 0.1) is 17.9 Å². The molecule has 2 aliphatic heterocycles. The van der Waals surface area contributed by atoms with Gasteiger partial charge in [-0.2, -0.15) is 4.31 Å². The molecule has 3 rings (SSSR count). The third-order valence-electron chi connectivity index (χ3n) is 3.88. The molecule has 0 amide bonds. The molecule has 1 N–H and O–H groups in total. The van der Waals surface area contributed by atoms with Crippen molar-refractivity contribution in [2.24, 2.45) is 0 Å². The molecule has 2 saturated heterocycles. The van der Waals surface area contributed by atoms with Crippen LogP contribution in [0.3, 0.4) is 0 Å². The van der Waals surface area contributed by atoms with Gasteiger partial charge < -0.3 is 10.1 Å².